The van der Waals surface area contributed by atoms with Crippen LogP contribution < -0.4 is 9.64 Å². The molecule has 0 aliphatic carbocycles. The van der Waals surface area contributed by atoms with Crippen LogP contribution in [0.2, 0.25) is 0 Å². The van der Waals surface area contributed by atoms with Gasteiger partial charge in [-0.1, -0.05) is 34.9 Å². The zero-order valence-corrected chi connectivity index (χ0v) is 15.4. The number of aromatic nitrogens is 2. The van der Waals surface area contributed by atoms with Crippen molar-refractivity contribution in [2.24, 2.45) is 5.92 Å². The van der Waals surface area contributed by atoms with E-state index in [0.29, 0.717) is 28.8 Å². The van der Waals surface area contributed by atoms with Gasteiger partial charge in [-0.05, 0) is 37.0 Å². The maximum absolute atomic E-state index is 13.8. The van der Waals surface area contributed by atoms with E-state index in [0.717, 1.165) is 31.8 Å². The molecule has 130 valence electrons. The fourth-order valence-electron chi connectivity index (χ4n) is 2.68. The third-order valence-electron chi connectivity index (χ3n) is 4.20. The summed E-state index contributed by atoms with van der Waals surface area (Å²) in [5.74, 6) is 1.36. The summed E-state index contributed by atoms with van der Waals surface area (Å²) in [4.78, 5) is 6.54. The van der Waals surface area contributed by atoms with Crippen LogP contribution >= 0.6 is 15.9 Å². The van der Waals surface area contributed by atoms with Crippen LogP contribution in [-0.4, -0.2) is 29.8 Å². The number of ether oxygens (including phenoxy) is 1. The summed E-state index contributed by atoms with van der Waals surface area (Å²) < 4.78 is 25.5. The molecule has 1 saturated heterocycles. The van der Waals surface area contributed by atoms with Crippen LogP contribution in [0.1, 0.15) is 38.4 Å². The summed E-state index contributed by atoms with van der Waals surface area (Å²) in [7, 11) is 0. The number of halogens is 2. The SMILES string of the molecule is CC(C)c1noc(N2CCC(COc3ccc(Br)cc3F)CC2)n1. The van der Waals surface area contributed by atoms with E-state index < -0.39 is 0 Å². The molecule has 0 radical (unpaired) electrons. The normalized spacial score (nSPS) is 16.0. The minimum absolute atomic E-state index is 0.259. The first-order valence-electron chi connectivity index (χ1n) is 8.19. The van der Waals surface area contributed by atoms with Gasteiger partial charge in [-0.15, -0.1) is 0 Å². The molecule has 1 aromatic carbocycles. The van der Waals surface area contributed by atoms with Gasteiger partial charge in [0.2, 0.25) is 0 Å². The molecule has 3 rings (SSSR count). The fourth-order valence-corrected chi connectivity index (χ4v) is 3.01. The number of rotatable bonds is 5. The molecular formula is C17H21BrFN3O2. The van der Waals surface area contributed by atoms with Gasteiger partial charge < -0.3 is 14.2 Å². The Labute approximate surface area is 149 Å². The fraction of sp³-hybridized carbons (Fsp3) is 0.529. The number of nitrogens with zero attached hydrogens (tertiary/aromatic N) is 3. The Hall–Kier alpha value is -1.63. The molecule has 0 unspecified atom stereocenters. The van der Waals surface area contributed by atoms with Crippen LogP contribution in [0.15, 0.2) is 27.2 Å². The first-order chi connectivity index (χ1) is 11.5. The number of hydrogen-bond acceptors (Lipinski definition) is 5. The van der Waals surface area contributed by atoms with Gasteiger partial charge in [-0.3, -0.25) is 0 Å². The van der Waals surface area contributed by atoms with Crippen molar-refractivity contribution in [3.8, 4) is 5.75 Å². The summed E-state index contributed by atoms with van der Waals surface area (Å²) in [6, 6.07) is 5.44. The summed E-state index contributed by atoms with van der Waals surface area (Å²) in [5.41, 5.74) is 0. The van der Waals surface area contributed by atoms with Crippen molar-refractivity contribution in [2.75, 3.05) is 24.6 Å². The highest BCUT2D eigenvalue weighted by Gasteiger charge is 2.24. The largest absolute Gasteiger partial charge is 0.490 e. The topological polar surface area (TPSA) is 51.4 Å². The Morgan fingerprint density at radius 3 is 2.75 bits per heavy atom. The molecule has 0 saturated carbocycles. The van der Waals surface area contributed by atoms with Crippen molar-refractivity contribution < 1.29 is 13.7 Å². The van der Waals surface area contributed by atoms with Gasteiger partial charge in [0.15, 0.2) is 17.4 Å². The molecular weight excluding hydrogens is 377 g/mol. The Balaban J connectivity index is 1.49. The van der Waals surface area contributed by atoms with E-state index in [2.05, 4.69) is 31.0 Å². The lowest BCUT2D eigenvalue weighted by molar-refractivity contribution is 0.213. The van der Waals surface area contributed by atoms with Crippen LogP contribution in [0.25, 0.3) is 0 Å². The molecule has 1 aliphatic heterocycles. The average Bonchev–Trinajstić information content (AvgIpc) is 3.05. The van der Waals surface area contributed by atoms with Gasteiger partial charge in [0, 0.05) is 23.5 Å². The molecule has 0 amide bonds. The van der Waals surface area contributed by atoms with E-state index in [4.69, 9.17) is 9.26 Å². The standard InChI is InChI=1S/C17H21BrFN3O2/c1-11(2)16-20-17(24-21-16)22-7-5-12(6-8-22)10-23-15-4-3-13(18)9-14(15)19/h3-4,9,11-12H,5-8,10H2,1-2H3. The minimum atomic E-state index is -0.339. The van der Waals surface area contributed by atoms with Crippen molar-refractivity contribution in [1.82, 2.24) is 10.1 Å². The van der Waals surface area contributed by atoms with Gasteiger partial charge in [0.25, 0.3) is 0 Å². The molecule has 0 atom stereocenters. The molecule has 2 aromatic rings. The second kappa shape index (κ2) is 7.51. The number of hydrogen-bond donors (Lipinski definition) is 0. The minimum Gasteiger partial charge on any atom is -0.490 e. The number of piperidine rings is 1. The van der Waals surface area contributed by atoms with Crippen LogP contribution in [-0.2, 0) is 0 Å². The molecule has 2 heterocycles. The number of anilines is 1. The summed E-state index contributed by atoms with van der Waals surface area (Å²) >= 11 is 3.24. The van der Waals surface area contributed by atoms with Crippen molar-refractivity contribution in [3.63, 3.8) is 0 Å². The molecule has 1 aromatic heterocycles. The van der Waals surface area contributed by atoms with Crippen molar-refractivity contribution in [3.05, 3.63) is 34.3 Å². The molecule has 0 N–H and O–H groups in total. The molecule has 0 spiro atoms. The lowest BCUT2D eigenvalue weighted by Crippen LogP contribution is -2.35. The van der Waals surface area contributed by atoms with Crippen molar-refractivity contribution >= 4 is 21.9 Å². The maximum Gasteiger partial charge on any atom is 0.324 e. The van der Waals surface area contributed by atoms with Gasteiger partial charge in [-0.2, -0.15) is 4.98 Å². The van der Waals surface area contributed by atoms with E-state index in [9.17, 15) is 4.39 Å². The molecule has 0 bridgehead atoms. The van der Waals surface area contributed by atoms with Crippen LogP contribution in [0, 0.1) is 11.7 Å². The lowest BCUT2D eigenvalue weighted by atomic mass is 9.98. The van der Waals surface area contributed by atoms with Crippen LogP contribution in [0.3, 0.4) is 0 Å². The van der Waals surface area contributed by atoms with Crippen molar-refractivity contribution in [1.29, 1.82) is 0 Å². The van der Waals surface area contributed by atoms with Gasteiger partial charge in [0.1, 0.15) is 0 Å². The Morgan fingerprint density at radius 1 is 1.38 bits per heavy atom. The Bertz CT molecular complexity index is 684. The van der Waals surface area contributed by atoms with Crippen LogP contribution in [0.5, 0.6) is 5.75 Å². The first-order valence-corrected chi connectivity index (χ1v) is 8.98. The summed E-state index contributed by atoms with van der Waals surface area (Å²) in [5, 5.41) is 4.00. The molecule has 1 aliphatic rings. The van der Waals surface area contributed by atoms with Crippen molar-refractivity contribution in [2.45, 2.75) is 32.6 Å². The smallest absolute Gasteiger partial charge is 0.324 e. The third kappa shape index (κ3) is 4.06. The van der Waals surface area contributed by atoms with Gasteiger partial charge in [0.05, 0.1) is 6.61 Å². The maximum atomic E-state index is 13.8. The van der Waals surface area contributed by atoms with E-state index in [-0.39, 0.29) is 11.7 Å². The molecule has 1 fully saturated rings. The highest BCUT2D eigenvalue weighted by molar-refractivity contribution is 9.10. The summed E-state index contributed by atoms with van der Waals surface area (Å²) in [6.07, 6.45) is 1.91. The lowest BCUT2D eigenvalue weighted by Gasteiger charge is -2.30. The first kappa shape index (κ1) is 17.2. The predicted octanol–water partition coefficient (Wildman–Crippen LogP) is 4.39. The molecule has 5 nitrogen and oxygen atoms in total. The second-order valence-electron chi connectivity index (χ2n) is 6.41. The van der Waals surface area contributed by atoms with E-state index in [1.54, 1.807) is 12.1 Å². The zero-order chi connectivity index (χ0) is 17.1. The average molecular weight is 398 g/mol. The Kier molecular flexibility index (Phi) is 5.38. The predicted molar refractivity (Wildman–Crippen MR) is 92.9 cm³/mol. The summed E-state index contributed by atoms with van der Waals surface area (Å²) in [6.45, 7) is 6.29. The van der Waals surface area contributed by atoms with E-state index >= 15 is 0 Å². The molecule has 24 heavy (non-hydrogen) atoms. The second-order valence-corrected chi connectivity index (χ2v) is 7.32. The van der Waals surface area contributed by atoms with Gasteiger partial charge in [-0.25, -0.2) is 4.39 Å². The quantitative estimate of drug-likeness (QED) is 0.748. The van der Waals surface area contributed by atoms with Gasteiger partial charge >= 0.3 is 6.01 Å². The monoisotopic (exact) mass is 397 g/mol. The Morgan fingerprint density at radius 2 is 2.12 bits per heavy atom. The number of benzene rings is 1. The van der Waals surface area contributed by atoms with E-state index in [1.165, 1.54) is 6.07 Å². The highest BCUT2D eigenvalue weighted by atomic mass is 79.9. The van der Waals surface area contributed by atoms with E-state index in [1.807, 2.05) is 13.8 Å². The zero-order valence-electron chi connectivity index (χ0n) is 13.8. The molecule has 7 heteroatoms. The highest BCUT2D eigenvalue weighted by Crippen LogP contribution is 2.26. The third-order valence-corrected chi connectivity index (χ3v) is 4.69. The van der Waals surface area contributed by atoms with Crippen LogP contribution in [0.4, 0.5) is 10.4 Å².